The van der Waals surface area contributed by atoms with Crippen LogP contribution in [0.4, 0.5) is 0 Å². The van der Waals surface area contributed by atoms with Crippen molar-refractivity contribution in [2.45, 2.75) is 44.9 Å². The lowest BCUT2D eigenvalue weighted by Gasteiger charge is -2.31. The molecule has 4 nitrogen and oxygen atoms in total. The smallest absolute Gasteiger partial charge is 0.240 e. The van der Waals surface area contributed by atoms with Gasteiger partial charge in [-0.25, -0.2) is 13.4 Å². The second-order valence-electron chi connectivity index (χ2n) is 7.73. The molecule has 0 N–H and O–H groups in total. The van der Waals surface area contributed by atoms with Gasteiger partial charge in [-0.05, 0) is 57.6 Å². The maximum atomic E-state index is 13.3. The molecule has 2 aromatic heterocycles. The fourth-order valence-electron chi connectivity index (χ4n) is 3.85. The van der Waals surface area contributed by atoms with Gasteiger partial charge in [-0.3, -0.25) is 0 Å². The van der Waals surface area contributed by atoms with E-state index in [1.54, 1.807) is 15.6 Å². The minimum Gasteiger partial charge on any atom is -0.240 e. The molecule has 3 heterocycles. The first kappa shape index (κ1) is 20.7. The number of benzene rings is 1. The van der Waals surface area contributed by atoms with Crippen LogP contribution in [-0.2, 0) is 16.4 Å². The summed E-state index contributed by atoms with van der Waals surface area (Å²) in [5, 5.41) is 0.913. The van der Waals surface area contributed by atoms with Gasteiger partial charge in [0.1, 0.15) is 5.01 Å². The molecule has 1 saturated heterocycles. The molecule has 1 fully saturated rings. The summed E-state index contributed by atoms with van der Waals surface area (Å²) in [7, 11) is -3.46. The van der Waals surface area contributed by atoms with Crippen molar-refractivity contribution >= 4 is 32.7 Å². The average Bonchev–Trinajstić information content (AvgIpc) is 3.26. The van der Waals surface area contributed by atoms with Crippen molar-refractivity contribution < 1.29 is 8.42 Å². The van der Waals surface area contributed by atoms with Crippen LogP contribution in [-0.4, -0.2) is 30.8 Å². The Hall–Kier alpha value is -1.54. The molecule has 0 unspecified atom stereocenters. The van der Waals surface area contributed by atoms with Crippen LogP contribution in [0.5, 0.6) is 0 Å². The fraction of sp³-hybridized carbons (Fsp3) is 0.409. The Bertz CT molecular complexity index is 1070. The topological polar surface area (TPSA) is 50.3 Å². The summed E-state index contributed by atoms with van der Waals surface area (Å²) in [6.07, 6.45) is 2.85. The van der Waals surface area contributed by atoms with E-state index < -0.39 is 10.0 Å². The summed E-state index contributed by atoms with van der Waals surface area (Å²) in [6.45, 7) is 7.14. The van der Waals surface area contributed by atoms with E-state index in [2.05, 4.69) is 29.2 Å². The van der Waals surface area contributed by atoms with E-state index in [0.717, 1.165) is 39.7 Å². The summed E-state index contributed by atoms with van der Waals surface area (Å²) in [5.41, 5.74) is 2.35. The largest absolute Gasteiger partial charge is 0.244 e. The van der Waals surface area contributed by atoms with Crippen molar-refractivity contribution in [1.29, 1.82) is 0 Å². The first-order valence-electron chi connectivity index (χ1n) is 9.93. The Balaban J connectivity index is 1.48. The number of nitrogens with zero attached hydrogens (tertiary/aromatic N) is 2. The van der Waals surface area contributed by atoms with Crippen molar-refractivity contribution in [2.75, 3.05) is 13.1 Å². The third-order valence-corrected chi connectivity index (χ3v) is 10.1. The van der Waals surface area contributed by atoms with E-state index in [-0.39, 0.29) is 0 Å². The first-order valence-corrected chi connectivity index (χ1v) is 13.0. The molecule has 29 heavy (non-hydrogen) atoms. The maximum Gasteiger partial charge on any atom is 0.244 e. The summed E-state index contributed by atoms with van der Waals surface area (Å²) in [4.78, 5) is 8.02. The lowest BCUT2D eigenvalue weighted by molar-refractivity contribution is 0.273. The summed E-state index contributed by atoms with van der Waals surface area (Å²) < 4.78 is 28.3. The predicted octanol–water partition coefficient (Wildman–Crippen LogP) is 5.44. The zero-order valence-corrected chi connectivity index (χ0v) is 19.5. The maximum absolute atomic E-state index is 13.3. The third kappa shape index (κ3) is 4.33. The van der Waals surface area contributed by atoms with E-state index >= 15 is 0 Å². The molecule has 7 heteroatoms. The molecule has 0 bridgehead atoms. The van der Waals surface area contributed by atoms with Crippen LogP contribution in [0.15, 0.2) is 41.3 Å². The SMILES string of the molecule is Cc1nc(-c2cc(S(=O)(=O)N3CCC(Cc4ccccc4)CC3)c(C)s2)sc1C. The van der Waals surface area contributed by atoms with E-state index in [1.165, 1.54) is 21.8 Å². The standard InChI is InChI=1S/C22H26N2O2S3/c1-15-16(2)28-22(23-15)20-14-21(17(3)27-20)29(25,26)24-11-9-19(10-12-24)13-18-7-5-4-6-8-18/h4-8,14,19H,9-13H2,1-3H3. The van der Waals surface area contributed by atoms with Crippen LogP contribution in [0.3, 0.4) is 0 Å². The number of hydrogen-bond acceptors (Lipinski definition) is 5. The minimum atomic E-state index is -3.46. The van der Waals surface area contributed by atoms with Gasteiger partial charge < -0.3 is 0 Å². The number of sulfonamides is 1. The molecule has 154 valence electrons. The molecule has 0 saturated carbocycles. The Morgan fingerprint density at radius 1 is 1.03 bits per heavy atom. The van der Waals surface area contributed by atoms with Crippen molar-refractivity contribution in [3.8, 4) is 9.88 Å². The van der Waals surface area contributed by atoms with Crippen molar-refractivity contribution in [1.82, 2.24) is 9.29 Å². The molecule has 0 amide bonds. The van der Waals surface area contributed by atoms with Crippen LogP contribution in [0, 0.1) is 26.7 Å². The van der Waals surface area contributed by atoms with Crippen LogP contribution in [0.2, 0.25) is 0 Å². The quantitative estimate of drug-likeness (QED) is 0.524. The molecular formula is C22H26N2O2S3. The van der Waals surface area contributed by atoms with Crippen molar-refractivity contribution in [3.63, 3.8) is 0 Å². The van der Waals surface area contributed by atoms with Crippen LogP contribution in [0.25, 0.3) is 9.88 Å². The van der Waals surface area contributed by atoms with Gasteiger partial charge in [0.2, 0.25) is 10.0 Å². The molecule has 0 atom stereocenters. The highest BCUT2D eigenvalue weighted by atomic mass is 32.2. The van der Waals surface area contributed by atoms with Gasteiger partial charge in [0.25, 0.3) is 0 Å². The Kier molecular flexibility index (Phi) is 5.93. The molecular weight excluding hydrogens is 420 g/mol. The normalized spacial score (nSPS) is 16.4. The summed E-state index contributed by atoms with van der Waals surface area (Å²) in [6, 6.07) is 12.3. The van der Waals surface area contributed by atoms with Gasteiger partial charge in [0, 0.05) is 22.8 Å². The summed E-state index contributed by atoms with van der Waals surface area (Å²) in [5.74, 6) is 0.546. The second-order valence-corrected chi connectivity index (χ2v) is 12.1. The van der Waals surface area contributed by atoms with Crippen LogP contribution >= 0.6 is 22.7 Å². The lowest BCUT2D eigenvalue weighted by Crippen LogP contribution is -2.38. The van der Waals surface area contributed by atoms with E-state index in [1.807, 2.05) is 32.9 Å². The van der Waals surface area contributed by atoms with Gasteiger partial charge in [-0.15, -0.1) is 22.7 Å². The molecule has 0 aliphatic carbocycles. The van der Waals surface area contributed by atoms with Gasteiger partial charge in [0.15, 0.2) is 0 Å². The fourth-order valence-corrected chi connectivity index (χ4v) is 7.84. The average molecular weight is 447 g/mol. The minimum absolute atomic E-state index is 0.449. The third-order valence-electron chi connectivity index (χ3n) is 5.67. The second kappa shape index (κ2) is 8.30. The van der Waals surface area contributed by atoms with E-state index in [9.17, 15) is 8.42 Å². The Morgan fingerprint density at radius 2 is 1.72 bits per heavy atom. The van der Waals surface area contributed by atoms with E-state index in [4.69, 9.17) is 0 Å². The summed E-state index contributed by atoms with van der Waals surface area (Å²) >= 11 is 3.15. The zero-order chi connectivity index (χ0) is 20.6. The predicted molar refractivity (Wildman–Crippen MR) is 121 cm³/mol. The van der Waals surface area contributed by atoms with Gasteiger partial charge in [0.05, 0.1) is 15.5 Å². The highest BCUT2D eigenvalue weighted by Gasteiger charge is 2.32. The number of hydrogen-bond donors (Lipinski definition) is 0. The van der Waals surface area contributed by atoms with Crippen LogP contribution in [0.1, 0.15) is 33.9 Å². The molecule has 3 aromatic rings. The molecule has 4 rings (SSSR count). The van der Waals surface area contributed by atoms with Gasteiger partial charge >= 0.3 is 0 Å². The first-order chi connectivity index (χ1) is 13.8. The highest BCUT2D eigenvalue weighted by molar-refractivity contribution is 7.89. The molecule has 1 aliphatic heterocycles. The lowest BCUT2D eigenvalue weighted by atomic mass is 9.91. The number of aryl methyl sites for hydroxylation is 3. The highest BCUT2D eigenvalue weighted by Crippen LogP contribution is 2.38. The number of rotatable bonds is 5. The van der Waals surface area contributed by atoms with Crippen molar-refractivity contribution in [3.05, 3.63) is 57.4 Å². The number of thiophene rings is 1. The van der Waals surface area contributed by atoms with Crippen LogP contribution < -0.4 is 0 Å². The molecule has 0 radical (unpaired) electrons. The molecule has 0 spiro atoms. The Labute approximate surface area is 181 Å². The van der Waals surface area contributed by atoms with E-state index in [0.29, 0.717) is 23.9 Å². The molecule has 1 aromatic carbocycles. The van der Waals surface area contributed by atoms with Gasteiger partial charge in [-0.2, -0.15) is 4.31 Å². The Morgan fingerprint density at radius 3 is 2.34 bits per heavy atom. The van der Waals surface area contributed by atoms with Gasteiger partial charge in [-0.1, -0.05) is 30.3 Å². The number of piperidine rings is 1. The number of thiazole rings is 1. The van der Waals surface area contributed by atoms with Crippen molar-refractivity contribution in [2.24, 2.45) is 5.92 Å². The zero-order valence-electron chi connectivity index (χ0n) is 17.0. The molecule has 1 aliphatic rings. The monoisotopic (exact) mass is 446 g/mol. The number of aromatic nitrogens is 1.